The summed E-state index contributed by atoms with van der Waals surface area (Å²) in [7, 11) is 0. The van der Waals surface area contributed by atoms with Gasteiger partial charge in [0.15, 0.2) is 6.04 Å². The third-order valence-corrected chi connectivity index (χ3v) is 4.77. The van der Waals surface area contributed by atoms with Crippen molar-refractivity contribution in [2.45, 2.75) is 19.4 Å². The van der Waals surface area contributed by atoms with Gasteiger partial charge in [0.2, 0.25) is 0 Å². The molecule has 0 saturated heterocycles. The summed E-state index contributed by atoms with van der Waals surface area (Å²) in [5, 5.41) is 20.9. The lowest BCUT2D eigenvalue weighted by atomic mass is 9.99. The topological polar surface area (TPSA) is 106 Å². The minimum Gasteiger partial charge on any atom is -0.464 e. The third kappa shape index (κ3) is 5.24. The average Bonchev–Trinajstić information content (AvgIpc) is 2.82. The van der Waals surface area contributed by atoms with Gasteiger partial charge in [0, 0.05) is 23.1 Å². The molecule has 0 fully saturated rings. The lowest BCUT2D eigenvalue weighted by molar-refractivity contribution is -0.385. The van der Waals surface area contributed by atoms with E-state index in [1.165, 1.54) is 12.1 Å². The molecule has 3 aromatic rings. The standard InChI is InChI=1S/C25H21N3O4/c1-2-32-25(29)22(16-20-14-9-15-21(17-26)24(20)28(30)31)27-23(18-10-5-3-6-11-18)19-12-7-4-8-13-19/h3-15,22H,2,16H2,1H3/t22-/m0/s1. The number of nitrogens with zero attached hydrogens (tertiary/aromatic N) is 3. The molecular formula is C25H21N3O4. The fourth-order valence-corrected chi connectivity index (χ4v) is 3.35. The van der Waals surface area contributed by atoms with E-state index in [1.54, 1.807) is 13.0 Å². The highest BCUT2D eigenvalue weighted by atomic mass is 16.6. The van der Waals surface area contributed by atoms with E-state index < -0.39 is 16.9 Å². The van der Waals surface area contributed by atoms with Crippen LogP contribution in [0.15, 0.2) is 83.9 Å². The highest BCUT2D eigenvalue weighted by molar-refractivity contribution is 6.13. The molecule has 0 bridgehead atoms. The number of esters is 1. The second kappa shape index (κ2) is 10.6. The summed E-state index contributed by atoms with van der Waals surface area (Å²) in [6.07, 6.45) is -0.0756. The van der Waals surface area contributed by atoms with Gasteiger partial charge in [-0.05, 0) is 13.0 Å². The van der Waals surface area contributed by atoms with Crippen LogP contribution in [0.2, 0.25) is 0 Å². The molecule has 3 aromatic carbocycles. The number of nitro groups is 1. The van der Waals surface area contributed by atoms with Crippen molar-refractivity contribution in [1.82, 2.24) is 0 Å². The molecule has 0 N–H and O–H groups in total. The Morgan fingerprint density at radius 1 is 1.03 bits per heavy atom. The number of para-hydroxylation sites is 1. The van der Waals surface area contributed by atoms with Gasteiger partial charge in [-0.15, -0.1) is 0 Å². The summed E-state index contributed by atoms with van der Waals surface area (Å²) in [5.74, 6) is -0.589. The van der Waals surface area contributed by atoms with E-state index >= 15 is 0 Å². The maximum Gasteiger partial charge on any atom is 0.331 e. The lowest BCUT2D eigenvalue weighted by Crippen LogP contribution is -2.26. The highest BCUT2D eigenvalue weighted by Crippen LogP contribution is 2.26. The van der Waals surface area contributed by atoms with Crippen LogP contribution in [-0.2, 0) is 16.0 Å². The van der Waals surface area contributed by atoms with Crippen molar-refractivity contribution in [2.75, 3.05) is 6.61 Å². The molecule has 0 saturated carbocycles. The van der Waals surface area contributed by atoms with Crippen LogP contribution in [0.5, 0.6) is 0 Å². The first kappa shape index (κ1) is 22.4. The molecule has 7 nitrogen and oxygen atoms in total. The zero-order valence-corrected chi connectivity index (χ0v) is 17.5. The van der Waals surface area contributed by atoms with E-state index in [9.17, 15) is 20.2 Å². The highest BCUT2D eigenvalue weighted by Gasteiger charge is 2.27. The van der Waals surface area contributed by atoms with Crippen molar-refractivity contribution in [2.24, 2.45) is 4.99 Å². The largest absolute Gasteiger partial charge is 0.464 e. The Hall–Kier alpha value is -4.31. The maximum atomic E-state index is 12.8. The predicted octanol–water partition coefficient (Wildman–Crippen LogP) is 4.48. The zero-order chi connectivity index (χ0) is 22.9. The summed E-state index contributed by atoms with van der Waals surface area (Å²) >= 11 is 0. The minimum absolute atomic E-state index is 0.0644. The lowest BCUT2D eigenvalue weighted by Gasteiger charge is -2.15. The van der Waals surface area contributed by atoms with Gasteiger partial charge in [0.25, 0.3) is 5.69 Å². The molecule has 0 heterocycles. The fraction of sp³-hybridized carbons (Fsp3) is 0.160. The van der Waals surface area contributed by atoms with Crippen molar-refractivity contribution in [3.05, 3.63) is 111 Å². The molecule has 0 radical (unpaired) electrons. The van der Waals surface area contributed by atoms with E-state index in [4.69, 9.17) is 9.73 Å². The fourth-order valence-electron chi connectivity index (χ4n) is 3.35. The van der Waals surface area contributed by atoms with Gasteiger partial charge in [-0.3, -0.25) is 15.1 Å². The van der Waals surface area contributed by atoms with Crippen molar-refractivity contribution < 1.29 is 14.5 Å². The van der Waals surface area contributed by atoms with Crippen LogP contribution in [-0.4, -0.2) is 29.3 Å². The molecular weight excluding hydrogens is 406 g/mol. The second-order valence-corrected chi connectivity index (χ2v) is 6.86. The van der Waals surface area contributed by atoms with Gasteiger partial charge >= 0.3 is 5.97 Å². The van der Waals surface area contributed by atoms with Gasteiger partial charge in [-0.2, -0.15) is 5.26 Å². The minimum atomic E-state index is -1.03. The number of carbonyl (C=O) groups excluding carboxylic acids is 1. The van der Waals surface area contributed by atoms with Crippen molar-refractivity contribution in [3.63, 3.8) is 0 Å². The number of rotatable bonds is 8. The Balaban J connectivity index is 2.13. The van der Waals surface area contributed by atoms with E-state index in [-0.39, 0.29) is 29.8 Å². The SMILES string of the molecule is CCOC(=O)[C@H](Cc1cccc(C#N)c1[N+](=O)[O-])N=C(c1ccccc1)c1ccccc1. The Bertz CT molecular complexity index is 1130. The predicted molar refractivity (Wildman–Crippen MR) is 120 cm³/mol. The molecule has 3 rings (SSSR count). The molecule has 1 atom stereocenters. The number of carbonyl (C=O) groups is 1. The van der Waals surface area contributed by atoms with E-state index in [0.717, 1.165) is 11.1 Å². The maximum absolute atomic E-state index is 12.8. The van der Waals surface area contributed by atoms with E-state index in [2.05, 4.69) is 0 Å². The van der Waals surface area contributed by atoms with Gasteiger partial charge < -0.3 is 4.74 Å². The number of hydrogen-bond acceptors (Lipinski definition) is 6. The van der Waals surface area contributed by atoms with Crippen molar-refractivity contribution in [1.29, 1.82) is 5.26 Å². The molecule has 0 spiro atoms. The summed E-state index contributed by atoms with van der Waals surface area (Å²) < 4.78 is 5.22. The molecule has 0 aliphatic carbocycles. The second-order valence-electron chi connectivity index (χ2n) is 6.86. The van der Waals surface area contributed by atoms with Crippen molar-refractivity contribution >= 4 is 17.4 Å². The molecule has 160 valence electrons. The zero-order valence-electron chi connectivity index (χ0n) is 17.5. The molecule has 0 aromatic heterocycles. The smallest absolute Gasteiger partial charge is 0.331 e. The first-order valence-electron chi connectivity index (χ1n) is 10.1. The summed E-state index contributed by atoms with van der Waals surface area (Å²) in [6, 6.07) is 24.0. The van der Waals surface area contributed by atoms with Gasteiger partial charge in [0.1, 0.15) is 11.6 Å². The number of ether oxygens (including phenoxy) is 1. The van der Waals surface area contributed by atoms with Gasteiger partial charge in [-0.25, -0.2) is 4.79 Å². The number of nitriles is 1. The number of nitro benzene ring substituents is 1. The molecule has 32 heavy (non-hydrogen) atoms. The van der Waals surface area contributed by atoms with E-state index in [1.807, 2.05) is 66.7 Å². The van der Waals surface area contributed by atoms with Crippen LogP contribution < -0.4 is 0 Å². The monoisotopic (exact) mass is 427 g/mol. The van der Waals surface area contributed by atoms with Crippen LogP contribution in [0.25, 0.3) is 0 Å². The van der Waals surface area contributed by atoms with Crippen LogP contribution in [0.1, 0.15) is 29.2 Å². The summed E-state index contributed by atoms with van der Waals surface area (Å²) in [5.41, 5.74) is 2.03. The Morgan fingerprint density at radius 2 is 1.62 bits per heavy atom. The van der Waals surface area contributed by atoms with Crippen LogP contribution in [0.4, 0.5) is 5.69 Å². The van der Waals surface area contributed by atoms with Crippen LogP contribution >= 0.6 is 0 Å². The average molecular weight is 427 g/mol. The number of hydrogen-bond donors (Lipinski definition) is 0. The first-order valence-corrected chi connectivity index (χ1v) is 10.1. The molecule has 0 amide bonds. The first-order chi connectivity index (χ1) is 15.5. The van der Waals surface area contributed by atoms with E-state index in [0.29, 0.717) is 5.71 Å². The molecule has 0 aliphatic heterocycles. The number of aliphatic imine (C=N–C) groups is 1. The van der Waals surface area contributed by atoms with Crippen LogP contribution in [0.3, 0.4) is 0 Å². The molecule has 0 unspecified atom stereocenters. The Labute approximate surface area is 185 Å². The normalized spacial score (nSPS) is 11.1. The van der Waals surface area contributed by atoms with Gasteiger partial charge in [-0.1, -0.05) is 72.8 Å². The third-order valence-electron chi connectivity index (χ3n) is 4.77. The number of benzene rings is 3. The Kier molecular flexibility index (Phi) is 7.44. The molecule has 7 heteroatoms. The van der Waals surface area contributed by atoms with Crippen molar-refractivity contribution in [3.8, 4) is 6.07 Å². The molecule has 0 aliphatic rings. The van der Waals surface area contributed by atoms with Gasteiger partial charge in [0.05, 0.1) is 17.2 Å². The summed E-state index contributed by atoms with van der Waals surface area (Å²) in [4.78, 5) is 28.6. The quantitative estimate of drug-likeness (QED) is 0.228. The summed E-state index contributed by atoms with van der Waals surface area (Å²) in [6.45, 7) is 1.84. The Morgan fingerprint density at radius 3 is 2.12 bits per heavy atom. The van der Waals surface area contributed by atoms with Crippen LogP contribution in [0, 0.1) is 21.4 Å².